The Morgan fingerprint density at radius 2 is 2.06 bits per heavy atom. The van der Waals surface area contributed by atoms with Crippen LogP contribution in [0.4, 0.5) is 5.69 Å². The molecule has 1 N–H and O–H groups in total. The summed E-state index contributed by atoms with van der Waals surface area (Å²) in [6.07, 6.45) is 0. The number of alkyl halides is 1. The van der Waals surface area contributed by atoms with E-state index in [2.05, 4.69) is 10.1 Å². The van der Waals surface area contributed by atoms with Gasteiger partial charge in [0.15, 0.2) is 0 Å². The Morgan fingerprint density at radius 1 is 1.38 bits per heavy atom. The molecular formula is C11H12ClNO3. The van der Waals surface area contributed by atoms with Crippen molar-refractivity contribution in [3.8, 4) is 0 Å². The molecule has 1 aromatic rings. The second-order valence-electron chi connectivity index (χ2n) is 3.23. The third-order valence-corrected chi connectivity index (χ3v) is 2.20. The van der Waals surface area contributed by atoms with Crippen LogP contribution in [-0.4, -0.2) is 19.0 Å². The van der Waals surface area contributed by atoms with Gasteiger partial charge in [-0.1, -0.05) is 0 Å². The Bertz CT molecular complexity index is 418. The normalized spacial score (nSPS) is 9.69. The number of anilines is 1. The van der Waals surface area contributed by atoms with Gasteiger partial charge in [0.2, 0.25) is 5.91 Å². The molecule has 4 nitrogen and oxygen atoms in total. The van der Waals surface area contributed by atoms with Crippen molar-refractivity contribution in [1.82, 2.24) is 0 Å². The summed E-state index contributed by atoms with van der Waals surface area (Å²) >= 11 is 5.69. The highest BCUT2D eigenvalue weighted by Gasteiger charge is 2.09. The van der Waals surface area contributed by atoms with Crippen LogP contribution in [0.15, 0.2) is 18.2 Å². The number of carbonyl (C=O) groups excluding carboxylic acids is 2. The molecule has 5 heteroatoms. The highest BCUT2D eigenvalue weighted by atomic mass is 35.5. The molecule has 0 atom stereocenters. The van der Waals surface area contributed by atoms with E-state index in [0.29, 0.717) is 11.3 Å². The lowest BCUT2D eigenvalue weighted by molar-refractivity contribution is -0.114. The molecule has 0 spiro atoms. The molecule has 1 aromatic carbocycles. The van der Waals surface area contributed by atoms with Crippen molar-refractivity contribution >= 4 is 29.2 Å². The van der Waals surface area contributed by atoms with Crippen LogP contribution in [0.3, 0.4) is 0 Å². The van der Waals surface area contributed by atoms with Gasteiger partial charge in [-0.15, -0.1) is 11.6 Å². The van der Waals surface area contributed by atoms with E-state index in [9.17, 15) is 9.59 Å². The molecule has 0 aliphatic carbocycles. The second-order valence-corrected chi connectivity index (χ2v) is 3.49. The molecular weight excluding hydrogens is 230 g/mol. The molecule has 0 bridgehead atoms. The number of benzene rings is 1. The van der Waals surface area contributed by atoms with Gasteiger partial charge >= 0.3 is 5.97 Å². The van der Waals surface area contributed by atoms with Crippen LogP contribution < -0.4 is 5.32 Å². The smallest absolute Gasteiger partial charge is 0.337 e. The highest BCUT2D eigenvalue weighted by Crippen LogP contribution is 2.17. The van der Waals surface area contributed by atoms with E-state index in [0.717, 1.165) is 5.56 Å². The van der Waals surface area contributed by atoms with E-state index in [-0.39, 0.29) is 11.8 Å². The van der Waals surface area contributed by atoms with Gasteiger partial charge in [-0.3, -0.25) is 4.79 Å². The highest BCUT2D eigenvalue weighted by molar-refractivity contribution is 6.17. The minimum absolute atomic E-state index is 0.206. The zero-order valence-corrected chi connectivity index (χ0v) is 9.80. The van der Waals surface area contributed by atoms with Crippen LogP contribution in [0.2, 0.25) is 0 Å². The summed E-state index contributed by atoms with van der Waals surface area (Å²) < 4.78 is 4.60. The number of halogens is 1. The molecule has 0 fully saturated rings. The number of nitrogens with one attached hydrogen (secondary N) is 1. The lowest BCUT2D eigenvalue weighted by atomic mass is 10.1. The zero-order chi connectivity index (χ0) is 12.1. The summed E-state index contributed by atoms with van der Waals surface area (Å²) in [5.41, 5.74) is 1.64. The zero-order valence-electron chi connectivity index (χ0n) is 9.04. The van der Waals surface area contributed by atoms with Crippen molar-refractivity contribution in [2.75, 3.05) is 12.4 Å². The minimum Gasteiger partial charge on any atom is -0.465 e. The van der Waals surface area contributed by atoms with Crippen LogP contribution >= 0.6 is 11.6 Å². The van der Waals surface area contributed by atoms with Crippen molar-refractivity contribution < 1.29 is 14.3 Å². The van der Waals surface area contributed by atoms with E-state index in [1.54, 1.807) is 18.2 Å². The lowest BCUT2D eigenvalue weighted by Crippen LogP contribution is -2.08. The summed E-state index contributed by atoms with van der Waals surface area (Å²) in [4.78, 5) is 22.2. The number of hydrogen-bond donors (Lipinski definition) is 1. The number of rotatable bonds is 3. The van der Waals surface area contributed by atoms with Gasteiger partial charge in [0, 0.05) is 18.5 Å². The summed E-state index contributed by atoms with van der Waals surface area (Å²) in [5, 5.41) is 2.59. The first-order valence-electron chi connectivity index (χ1n) is 4.62. The average molecular weight is 242 g/mol. The third kappa shape index (κ3) is 3.24. The Hall–Kier alpha value is -1.55. The van der Waals surface area contributed by atoms with Crippen LogP contribution in [0.25, 0.3) is 0 Å². The Balaban J connectivity index is 3.10. The topological polar surface area (TPSA) is 55.4 Å². The number of methoxy groups -OCH3 is 1. The van der Waals surface area contributed by atoms with Gasteiger partial charge < -0.3 is 10.1 Å². The number of carbonyl (C=O) groups is 2. The molecule has 0 unspecified atom stereocenters. The largest absolute Gasteiger partial charge is 0.465 e. The maximum Gasteiger partial charge on any atom is 0.337 e. The molecule has 0 aliphatic rings. The summed E-state index contributed by atoms with van der Waals surface area (Å²) in [7, 11) is 1.30. The van der Waals surface area contributed by atoms with E-state index in [4.69, 9.17) is 11.6 Å². The molecule has 0 saturated heterocycles. The Labute approximate surface area is 98.5 Å². The van der Waals surface area contributed by atoms with E-state index in [1.165, 1.54) is 14.0 Å². The van der Waals surface area contributed by atoms with Gasteiger partial charge in [-0.05, 0) is 23.8 Å². The first kappa shape index (κ1) is 12.5. The fraction of sp³-hybridized carbons (Fsp3) is 0.273. The molecule has 16 heavy (non-hydrogen) atoms. The van der Waals surface area contributed by atoms with E-state index >= 15 is 0 Å². The summed E-state index contributed by atoms with van der Waals surface area (Å²) in [5.74, 6) is -0.404. The molecule has 0 aromatic heterocycles. The minimum atomic E-state index is -0.460. The quantitative estimate of drug-likeness (QED) is 0.652. The van der Waals surface area contributed by atoms with Crippen LogP contribution in [0, 0.1) is 0 Å². The van der Waals surface area contributed by atoms with Crippen LogP contribution in [0.1, 0.15) is 22.8 Å². The third-order valence-electron chi connectivity index (χ3n) is 1.89. The molecule has 0 aliphatic heterocycles. The van der Waals surface area contributed by atoms with Gasteiger partial charge in [-0.2, -0.15) is 0 Å². The fourth-order valence-electron chi connectivity index (χ4n) is 1.28. The molecule has 0 radical (unpaired) electrons. The molecule has 1 amide bonds. The van der Waals surface area contributed by atoms with Crippen molar-refractivity contribution in [3.63, 3.8) is 0 Å². The maximum absolute atomic E-state index is 11.3. The Morgan fingerprint density at radius 3 is 2.56 bits per heavy atom. The second kappa shape index (κ2) is 5.51. The number of ether oxygens (including phenoxy) is 1. The van der Waals surface area contributed by atoms with E-state index < -0.39 is 5.97 Å². The molecule has 1 rings (SSSR count). The van der Waals surface area contributed by atoms with Gasteiger partial charge in [0.05, 0.1) is 12.7 Å². The standard InChI is InChI=1S/C11H12ClNO3/c1-7(14)13-10-4-8(6-12)3-9(5-10)11(15)16-2/h3-5H,6H2,1-2H3,(H,13,14). The van der Waals surface area contributed by atoms with Crippen molar-refractivity contribution in [2.24, 2.45) is 0 Å². The predicted molar refractivity (Wildman–Crippen MR) is 61.6 cm³/mol. The molecule has 86 valence electrons. The SMILES string of the molecule is COC(=O)c1cc(CCl)cc(NC(C)=O)c1. The van der Waals surface area contributed by atoms with Crippen molar-refractivity contribution in [3.05, 3.63) is 29.3 Å². The van der Waals surface area contributed by atoms with Crippen molar-refractivity contribution in [2.45, 2.75) is 12.8 Å². The monoisotopic (exact) mass is 241 g/mol. The van der Waals surface area contributed by atoms with Gasteiger partial charge in [-0.25, -0.2) is 4.79 Å². The average Bonchev–Trinajstić information content (AvgIpc) is 2.26. The number of esters is 1. The maximum atomic E-state index is 11.3. The Kier molecular flexibility index (Phi) is 4.31. The number of hydrogen-bond acceptors (Lipinski definition) is 3. The summed E-state index contributed by atoms with van der Waals surface area (Å²) in [6.45, 7) is 1.39. The first-order chi connectivity index (χ1) is 7.56. The lowest BCUT2D eigenvalue weighted by Gasteiger charge is -2.07. The van der Waals surface area contributed by atoms with Crippen LogP contribution in [0.5, 0.6) is 0 Å². The van der Waals surface area contributed by atoms with Crippen LogP contribution in [-0.2, 0) is 15.4 Å². The van der Waals surface area contributed by atoms with Gasteiger partial charge in [0.1, 0.15) is 0 Å². The first-order valence-corrected chi connectivity index (χ1v) is 5.16. The van der Waals surface area contributed by atoms with Crippen molar-refractivity contribution in [1.29, 1.82) is 0 Å². The summed E-state index contributed by atoms with van der Waals surface area (Å²) in [6, 6.07) is 4.88. The number of amides is 1. The van der Waals surface area contributed by atoms with Gasteiger partial charge in [0.25, 0.3) is 0 Å². The fourth-order valence-corrected chi connectivity index (χ4v) is 1.43. The molecule has 0 saturated carbocycles. The predicted octanol–water partition coefficient (Wildman–Crippen LogP) is 2.17. The molecule has 0 heterocycles. The van der Waals surface area contributed by atoms with E-state index in [1.807, 2.05) is 0 Å².